The van der Waals surface area contributed by atoms with Crippen molar-refractivity contribution in [1.29, 1.82) is 0 Å². The number of carbonyl (C=O) groups excluding carboxylic acids is 1. The molecular formula is C16H22N2O3. The van der Waals surface area contributed by atoms with Gasteiger partial charge in [0, 0.05) is 5.54 Å². The third kappa shape index (κ3) is 5.47. The first-order chi connectivity index (χ1) is 9.92. The SMILES string of the molecule is CC(C)(C)NC(=O)CN(Cc1ccco1)Cc1ccco1. The summed E-state index contributed by atoms with van der Waals surface area (Å²) in [6.07, 6.45) is 3.27. The van der Waals surface area contributed by atoms with Crippen LogP contribution in [0.2, 0.25) is 0 Å². The zero-order valence-corrected chi connectivity index (χ0v) is 12.8. The maximum absolute atomic E-state index is 12.1. The average Bonchev–Trinajstić information content (AvgIpc) is 2.99. The van der Waals surface area contributed by atoms with Crippen molar-refractivity contribution in [2.45, 2.75) is 39.4 Å². The standard InChI is InChI=1S/C16H22N2O3/c1-16(2,3)17-15(19)12-18(10-13-6-4-8-20-13)11-14-7-5-9-21-14/h4-9H,10-12H2,1-3H3,(H,17,19). The van der Waals surface area contributed by atoms with Crippen LogP contribution in [0.15, 0.2) is 45.6 Å². The molecule has 5 heteroatoms. The molecule has 1 N–H and O–H groups in total. The van der Waals surface area contributed by atoms with E-state index in [2.05, 4.69) is 5.32 Å². The summed E-state index contributed by atoms with van der Waals surface area (Å²) in [6.45, 7) is 7.31. The van der Waals surface area contributed by atoms with Crippen LogP contribution in [0.1, 0.15) is 32.3 Å². The van der Waals surface area contributed by atoms with Crippen LogP contribution < -0.4 is 5.32 Å². The molecule has 1 amide bonds. The summed E-state index contributed by atoms with van der Waals surface area (Å²) >= 11 is 0. The Morgan fingerprint density at radius 3 is 2.00 bits per heavy atom. The van der Waals surface area contributed by atoms with Gasteiger partial charge in [0.25, 0.3) is 0 Å². The van der Waals surface area contributed by atoms with Crippen LogP contribution >= 0.6 is 0 Å². The van der Waals surface area contributed by atoms with Gasteiger partial charge in [0.2, 0.25) is 5.91 Å². The molecule has 0 aliphatic heterocycles. The fourth-order valence-electron chi connectivity index (χ4n) is 2.07. The molecule has 0 bridgehead atoms. The van der Waals surface area contributed by atoms with E-state index < -0.39 is 0 Å². The number of amides is 1. The minimum atomic E-state index is -0.238. The highest BCUT2D eigenvalue weighted by atomic mass is 16.3. The minimum Gasteiger partial charge on any atom is -0.468 e. The van der Waals surface area contributed by atoms with Crippen LogP contribution in [0.3, 0.4) is 0 Å². The van der Waals surface area contributed by atoms with Gasteiger partial charge in [-0.3, -0.25) is 9.69 Å². The Morgan fingerprint density at radius 1 is 1.10 bits per heavy atom. The van der Waals surface area contributed by atoms with Gasteiger partial charge in [-0.15, -0.1) is 0 Å². The van der Waals surface area contributed by atoms with Gasteiger partial charge < -0.3 is 14.2 Å². The van der Waals surface area contributed by atoms with Crippen molar-refractivity contribution in [1.82, 2.24) is 10.2 Å². The highest BCUT2D eigenvalue weighted by Crippen LogP contribution is 2.11. The normalized spacial score (nSPS) is 11.8. The van der Waals surface area contributed by atoms with Crippen molar-refractivity contribution < 1.29 is 13.6 Å². The fourth-order valence-corrected chi connectivity index (χ4v) is 2.07. The maximum Gasteiger partial charge on any atom is 0.234 e. The van der Waals surface area contributed by atoms with Crippen molar-refractivity contribution in [2.24, 2.45) is 0 Å². The third-order valence-electron chi connectivity index (χ3n) is 2.80. The molecule has 0 aromatic carbocycles. The molecule has 0 spiro atoms. The third-order valence-corrected chi connectivity index (χ3v) is 2.80. The van der Waals surface area contributed by atoms with E-state index in [0.717, 1.165) is 11.5 Å². The maximum atomic E-state index is 12.1. The van der Waals surface area contributed by atoms with Gasteiger partial charge in [-0.2, -0.15) is 0 Å². The Kier molecular flexibility index (Phi) is 4.85. The van der Waals surface area contributed by atoms with Gasteiger partial charge >= 0.3 is 0 Å². The second-order valence-electron chi connectivity index (χ2n) is 6.10. The number of carbonyl (C=O) groups is 1. The molecule has 0 unspecified atom stereocenters. The number of hydrogen-bond acceptors (Lipinski definition) is 4. The van der Waals surface area contributed by atoms with E-state index in [1.165, 1.54) is 0 Å². The molecule has 2 aromatic rings. The molecule has 0 aliphatic rings. The predicted octanol–water partition coefficient (Wildman–Crippen LogP) is 2.79. The molecule has 0 saturated carbocycles. The Hall–Kier alpha value is -2.01. The smallest absolute Gasteiger partial charge is 0.234 e. The van der Waals surface area contributed by atoms with E-state index in [4.69, 9.17) is 8.83 Å². The van der Waals surface area contributed by atoms with Gasteiger partial charge in [-0.25, -0.2) is 0 Å². The molecule has 2 heterocycles. The molecule has 2 aromatic heterocycles. The fraction of sp³-hybridized carbons (Fsp3) is 0.438. The van der Waals surface area contributed by atoms with E-state index in [-0.39, 0.29) is 11.4 Å². The van der Waals surface area contributed by atoms with Crippen LogP contribution in [-0.4, -0.2) is 22.9 Å². The largest absolute Gasteiger partial charge is 0.468 e. The van der Waals surface area contributed by atoms with Crippen LogP contribution in [0.4, 0.5) is 0 Å². The first-order valence-electron chi connectivity index (χ1n) is 7.00. The van der Waals surface area contributed by atoms with E-state index >= 15 is 0 Å². The van der Waals surface area contributed by atoms with Crippen LogP contribution in [0.5, 0.6) is 0 Å². The van der Waals surface area contributed by atoms with Crippen molar-refractivity contribution in [3.05, 3.63) is 48.3 Å². The number of nitrogens with one attached hydrogen (secondary N) is 1. The van der Waals surface area contributed by atoms with Gasteiger partial charge in [0.05, 0.1) is 32.2 Å². The summed E-state index contributed by atoms with van der Waals surface area (Å²) in [4.78, 5) is 14.1. The Morgan fingerprint density at radius 2 is 1.62 bits per heavy atom. The summed E-state index contributed by atoms with van der Waals surface area (Å²) in [7, 11) is 0. The van der Waals surface area contributed by atoms with Crippen LogP contribution in [0, 0.1) is 0 Å². The molecule has 0 atom stereocenters. The molecule has 0 radical (unpaired) electrons. The number of furan rings is 2. The van der Waals surface area contributed by atoms with Crippen molar-refractivity contribution in [2.75, 3.05) is 6.54 Å². The molecule has 21 heavy (non-hydrogen) atoms. The summed E-state index contributed by atoms with van der Waals surface area (Å²) < 4.78 is 10.7. The van der Waals surface area contributed by atoms with Gasteiger partial charge in [-0.05, 0) is 45.0 Å². The Bertz CT molecular complexity index is 502. The minimum absolute atomic E-state index is 0.0133. The molecule has 114 valence electrons. The molecule has 5 nitrogen and oxygen atoms in total. The predicted molar refractivity (Wildman–Crippen MR) is 79.4 cm³/mol. The quantitative estimate of drug-likeness (QED) is 0.888. The number of nitrogens with zero attached hydrogens (tertiary/aromatic N) is 1. The van der Waals surface area contributed by atoms with E-state index in [0.29, 0.717) is 19.6 Å². The van der Waals surface area contributed by atoms with Gasteiger partial charge in [-0.1, -0.05) is 0 Å². The zero-order valence-electron chi connectivity index (χ0n) is 12.8. The molecule has 0 fully saturated rings. The monoisotopic (exact) mass is 290 g/mol. The van der Waals surface area contributed by atoms with Gasteiger partial charge in [0.15, 0.2) is 0 Å². The second-order valence-corrected chi connectivity index (χ2v) is 6.10. The van der Waals surface area contributed by atoms with Crippen molar-refractivity contribution in [3.8, 4) is 0 Å². The topological polar surface area (TPSA) is 58.6 Å². The first kappa shape index (κ1) is 15.4. The lowest BCUT2D eigenvalue weighted by Gasteiger charge is -2.24. The Balaban J connectivity index is 1.99. The molecule has 0 saturated heterocycles. The zero-order chi connectivity index (χ0) is 15.3. The first-order valence-corrected chi connectivity index (χ1v) is 7.00. The van der Waals surface area contributed by atoms with Crippen LogP contribution in [0.25, 0.3) is 0 Å². The van der Waals surface area contributed by atoms with Crippen molar-refractivity contribution >= 4 is 5.91 Å². The lowest BCUT2D eigenvalue weighted by Crippen LogP contribution is -2.45. The number of rotatable bonds is 6. The van der Waals surface area contributed by atoms with Crippen LogP contribution in [-0.2, 0) is 17.9 Å². The Labute approximate surface area is 124 Å². The number of hydrogen-bond donors (Lipinski definition) is 1. The summed E-state index contributed by atoms with van der Waals surface area (Å²) in [5, 5.41) is 2.97. The second kappa shape index (κ2) is 6.63. The van der Waals surface area contributed by atoms with E-state index in [9.17, 15) is 4.79 Å². The van der Waals surface area contributed by atoms with Gasteiger partial charge in [0.1, 0.15) is 11.5 Å². The molecule has 2 rings (SSSR count). The van der Waals surface area contributed by atoms with E-state index in [1.807, 2.05) is 49.9 Å². The summed E-state index contributed by atoms with van der Waals surface area (Å²) in [6, 6.07) is 7.48. The lowest BCUT2D eigenvalue weighted by atomic mass is 10.1. The summed E-state index contributed by atoms with van der Waals surface area (Å²) in [5.41, 5.74) is -0.238. The highest BCUT2D eigenvalue weighted by molar-refractivity contribution is 5.78. The summed E-state index contributed by atoms with van der Waals surface area (Å²) in [5.74, 6) is 1.64. The highest BCUT2D eigenvalue weighted by Gasteiger charge is 2.18. The van der Waals surface area contributed by atoms with E-state index in [1.54, 1.807) is 12.5 Å². The van der Waals surface area contributed by atoms with Crippen molar-refractivity contribution in [3.63, 3.8) is 0 Å². The average molecular weight is 290 g/mol. The molecule has 0 aliphatic carbocycles. The molecular weight excluding hydrogens is 268 g/mol. The lowest BCUT2D eigenvalue weighted by molar-refractivity contribution is -0.124.